The lowest BCUT2D eigenvalue weighted by Crippen LogP contribution is -2.53. The van der Waals surface area contributed by atoms with Crippen LogP contribution in [0.15, 0.2) is 34.7 Å². The molecule has 1 fully saturated rings. The first-order chi connectivity index (χ1) is 16.6. The van der Waals surface area contributed by atoms with Gasteiger partial charge < -0.3 is 14.2 Å². The summed E-state index contributed by atoms with van der Waals surface area (Å²) in [4.78, 5) is 15.3. The number of carbonyl (C=O) groups excluding carboxylic acids is 1. The number of halogens is 7. The molecule has 1 aliphatic rings. The van der Waals surface area contributed by atoms with E-state index in [4.69, 9.17) is 51.4 Å². The summed E-state index contributed by atoms with van der Waals surface area (Å²) < 4.78 is 61.7. The molecular formula is C22H14Cl3F4N3O2S. The highest BCUT2D eigenvalue weighted by Crippen LogP contribution is 2.34. The van der Waals surface area contributed by atoms with Crippen LogP contribution in [-0.2, 0) is 0 Å². The number of carbonyl (C=O) groups is 1. The second-order valence-corrected chi connectivity index (χ2v) is 9.05. The summed E-state index contributed by atoms with van der Waals surface area (Å²) in [6.45, 7) is 0.182. The lowest BCUT2D eigenvalue weighted by atomic mass is 10.2. The fourth-order valence-corrected chi connectivity index (χ4v) is 4.36. The number of amides is 1. The topological polar surface area (TPSA) is 48.7 Å². The molecule has 3 aromatic rings. The van der Waals surface area contributed by atoms with Crippen LogP contribution in [0.4, 0.5) is 23.2 Å². The van der Waals surface area contributed by atoms with E-state index in [1.807, 2.05) is 0 Å². The van der Waals surface area contributed by atoms with Crippen LogP contribution >= 0.6 is 47.0 Å². The first-order valence-corrected chi connectivity index (χ1v) is 11.5. The van der Waals surface area contributed by atoms with Crippen LogP contribution in [0.3, 0.4) is 0 Å². The summed E-state index contributed by atoms with van der Waals surface area (Å²) in [5, 5.41) is 2.15. The molecule has 1 saturated heterocycles. The molecule has 0 radical (unpaired) electrons. The maximum atomic E-state index is 14.2. The van der Waals surface area contributed by atoms with E-state index in [9.17, 15) is 22.4 Å². The number of nitrogens with zero attached hydrogens (tertiary/aromatic N) is 2. The molecule has 184 valence electrons. The predicted octanol–water partition coefficient (Wildman–Crippen LogP) is 6.30. The molecule has 0 saturated carbocycles. The molecular weight excluding hydrogens is 553 g/mol. The first kappa shape index (κ1) is 25.6. The summed E-state index contributed by atoms with van der Waals surface area (Å²) in [6.07, 6.45) is 0. The van der Waals surface area contributed by atoms with Crippen molar-refractivity contribution in [3.63, 3.8) is 0 Å². The molecule has 0 atom stereocenters. The molecule has 0 spiro atoms. The molecule has 2 aromatic carbocycles. The van der Waals surface area contributed by atoms with Gasteiger partial charge in [-0.1, -0.05) is 34.8 Å². The lowest BCUT2D eigenvalue weighted by Gasteiger charge is -2.37. The molecule has 1 N–H and O–H groups in total. The van der Waals surface area contributed by atoms with Crippen molar-refractivity contribution in [2.45, 2.75) is 0 Å². The normalized spacial score (nSPS) is 13.8. The Kier molecular flexibility index (Phi) is 7.46. The van der Waals surface area contributed by atoms with Crippen LogP contribution in [0, 0.1) is 23.3 Å². The third-order valence-electron chi connectivity index (χ3n) is 5.31. The van der Waals surface area contributed by atoms with Gasteiger partial charge in [-0.2, -0.15) is 0 Å². The van der Waals surface area contributed by atoms with Crippen molar-refractivity contribution < 1.29 is 26.8 Å². The fourth-order valence-electron chi connectivity index (χ4n) is 3.53. The summed E-state index contributed by atoms with van der Waals surface area (Å²) in [5.41, 5.74) is -0.340. The highest BCUT2D eigenvalue weighted by Gasteiger charge is 2.30. The molecule has 5 nitrogen and oxygen atoms in total. The third-order valence-corrected chi connectivity index (χ3v) is 6.57. The van der Waals surface area contributed by atoms with E-state index in [1.54, 1.807) is 29.2 Å². The van der Waals surface area contributed by atoms with Crippen LogP contribution in [-0.4, -0.2) is 42.1 Å². The largest absolute Gasteiger partial charge is 0.451 e. The minimum absolute atomic E-state index is 0.0253. The molecule has 13 heteroatoms. The summed E-state index contributed by atoms with van der Waals surface area (Å²) in [7, 11) is 0. The minimum Gasteiger partial charge on any atom is -0.451 e. The molecule has 2 heterocycles. The number of hydrogen-bond donors (Lipinski definition) is 1. The van der Waals surface area contributed by atoms with Crippen LogP contribution in [0.25, 0.3) is 11.3 Å². The Morgan fingerprint density at radius 3 is 2.17 bits per heavy atom. The highest BCUT2D eigenvalue weighted by molar-refractivity contribution is 7.80. The van der Waals surface area contributed by atoms with Crippen molar-refractivity contribution in [1.29, 1.82) is 0 Å². The summed E-state index contributed by atoms with van der Waals surface area (Å²) >= 11 is 22.7. The Morgan fingerprint density at radius 2 is 1.54 bits per heavy atom. The smallest absolute Gasteiger partial charge is 0.293 e. The molecule has 0 aliphatic carbocycles. The number of furan rings is 1. The Hall–Kier alpha value is -2.53. The van der Waals surface area contributed by atoms with E-state index in [0.29, 0.717) is 21.4 Å². The summed E-state index contributed by atoms with van der Waals surface area (Å²) in [5.74, 6) is -6.81. The SMILES string of the molecule is O=C(NC(=S)N1CCN(c2c(F)c(F)c(Cl)c(F)c2F)CC1)c1ccc(-c2cc(Cl)ccc2Cl)o1. The van der Waals surface area contributed by atoms with E-state index in [1.165, 1.54) is 6.07 Å². The van der Waals surface area contributed by atoms with Crippen molar-refractivity contribution in [2.24, 2.45) is 0 Å². The molecule has 1 aromatic heterocycles. The number of piperazine rings is 1. The number of nitrogens with one attached hydrogen (secondary N) is 1. The van der Waals surface area contributed by atoms with Crippen molar-refractivity contribution in [3.05, 3.63) is 74.4 Å². The molecule has 1 amide bonds. The van der Waals surface area contributed by atoms with Gasteiger partial charge in [0.2, 0.25) is 0 Å². The Labute approximate surface area is 217 Å². The van der Waals surface area contributed by atoms with Crippen molar-refractivity contribution in [2.75, 3.05) is 31.1 Å². The zero-order chi connectivity index (χ0) is 25.4. The monoisotopic (exact) mass is 565 g/mol. The van der Waals surface area contributed by atoms with Gasteiger partial charge in [0.15, 0.2) is 34.1 Å². The van der Waals surface area contributed by atoms with E-state index in [2.05, 4.69) is 5.32 Å². The van der Waals surface area contributed by atoms with E-state index in [0.717, 1.165) is 4.90 Å². The van der Waals surface area contributed by atoms with Gasteiger partial charge in [-0.3, -0.25) is 10.1 Å². The van der Waals surface area contributed by atoms with Gasteiger partial charge in [-0.25, -0.2) is 17.6 Å². The number of rotatable bonds is 3. The van der Waals surface area contributed by atoms with Crippen LogP contribution in [0.5, 0.6) is 0 Å². The van der Waals surface area contributed by atoms with Crippen LogP contribution in [0.2, 0.25) is 15.1 Å². The third kappa shape index (κ3) is 5.06. The Morgan fingerprint density at radius 1 is 0.914 bits per heavy atom. The number of anilines is 1. The van der Waals surface area contributed by atoms with Gasteiger partial charge in [0.25, 0.3) is 5.91 Å². The number of benzene rings is 2. The van der Waals surface area contributed by atoms with Gasteiger partial charge >= 0.3 is 0 Å². The molecule has 1 aliphatic heterocycles. The average molecular weight is 567 g/mol. The maximum absolute atomic E-state index is 14.2. The summed E-state index contributed by atoms with van der Waals surface area (Å²) in [6, 6.07) is 7.81. The zero-order valence-corrected chi connectivity index (χ0v) is 20.6. The standard InChI is InChI=1S/C22H14Cl3F4N3O2S/c23-10-1-2-12(24)11(9-10)13-3-4-14(34-13)21(33)30-22(35)32-7-5-31(6-8-32)20-18(28)16(26)15(25)17(27)19(20)29/h1-4,9H,5-8H2,(H,30,33,35). The lowest BCUT2D eigenvalue weighted by molar-refractivity contribution is 0.0946. The van der Waals surface area contributed by atoms with Gasteiger partial charge in [0.1, 0.15) is 16.5 Å². The Balaban J connectivity index is 1.40. The van der Waals surface area contributed by atoms with Crippen molar-refractivity contribution >= 4 is 63.7 Å². The maximum Gasteiger partial charge on any atom is 0.293 e. The predicted molar refractivity (Wildman–Crippen MR) is 129 cm³/mol. The second kappa shape index (κ2) is 10.2. The average Bonchev–Trinajstić information content (AvgIpc) is 3.34. The second-order valence-electron chi connectivity index (χ2n) is 7.44. The molecule has 0 bridgehead atoms. The number of hydrogen-bond acceptors (Lipinski definition) is 4. The van der Waals surface area contributed by atoms with E-state index < -0.39 is 39.9 Å². The van der Waals surface area contributed by atoms with Crippen LogP contribution < -0.4 is 10.2 Å². The van der Waals surface area contributed by atoms with E-state index in [-0.39, 0.29) is 37.1 Å². The van der Waals surface area contributed by atoms with Gasteiger partial charge in [-0.05, 0) is 42.5 Å². The van der Waals surface area contributed by atoms with Crippen molar-refractivity contribution in [1.82, 2.24) is 10.2 Å². The van der Waals surface area contributed by atoms with Crippen molar-refractivity contribution in [3.8, 4) is 11.3 Å². The molecule has 0 unspecified atom stereocenters. The minimum atomic E-state index is -1.66. The van der Waals surface area contributed by atoms with E-state index >= 15 is 0 Å². The highest BCUT2D eigenvalue weighted by atomic mass is 35.5. The fraction of sp³-hybridized carbons (Fsp3) is 0.182. The van der Waals surface area contributed by atoms with Gasteiger partial charge in [0, 0.05) is 36.8 Å². The quantitative estimate of drug-likeness (QED) is 0.175. The van der Waals surface area contributed by atoms with Gasteiger partial charge in [-0.15, -0.1) is 0 Å². The molecule has 35 heavy (non-hydrogen) atoms. The zero-order valence-electron chi connectivity index (χ0n) is 17.5. The van der Waals surface area contributed by atoms with Gasteiger partial charge in [0.05, 0.1) is 5.02 Å². The number of thiocarbonyl (C=S) groups is 1. The first-order valence-electron chi connectivity index (χ1n) is 10.0. The Bertz CT molecular complexity index is 1300. The van der Waals surface area contributed by atoms with Crippen LogP contribution in [0.1, 0.15) is 10.6 Å². The molecule has 4 rings (SSSR count).